The molecule has 20 heavy (non-hydrogen) atoms. The maximum atomic E-state index is 12.9. The normalized spacial score (nSPS) is 14.0. The first-order chi connectivity index (χ1) is 9.60. The van der Waals surface area contributed by atoms with Crippen molar-refractivity contribution < 1.29 is 4.39 Å². The zero-order valence-corrected chi connectivity index (χ0v) is 12.2. The average molecular weight is 272 g/mol. The molecule has 0 fully saturated rings. The lowest BCUT2D eigenvalue weighted by atomic mass is 10.0. The van der Waals surface area contributed by atoms with Crippen molar-refractivity contribution in [1.29, 1.82) is 0 Å². The summed E-state index contributed by atoms with van der Waals surface area (Å²) in [4.78, 5) is 4.18. The van der Waals surface area contributed by atoms with Crippen LogP contribution in [-0.4, -0.2) is 4.98 Å². The SMILES string of the molecule is CCC(N[C@H](C)c1cccc(C)c1)c1ccc(F)cn1. The van der Waals surface area contributed by atoms with E-state index in [1.165, 1.54) is 23.4 Å². The molecule has 0 aliphatic rings. The fourth-order valence-corrected chi connectivity index (χ4v) is 2.34. The van der Waals surface area contributed by atoms with Crippen LogP contribution in [0.1, 0.15) is 49.2 Å². The summed E-state index contributed by atoms with van der Waals surface area (Å²) in [5.41, 5.74) is 3.39. The third kappa shape index (κ3) is 3.64. The lowest BCUT2D eigenvalue weighted by Gasteiger charge is -2.22. The minimum absolute atomic E-state index is 0.131. The molecule has 1 heterocycles. The lowest BCUT2D eigenvalue weighted by Crippen LogP contribution is -2.25. The molecule has 106 valence electrons. The summed E-state index contributed by atoms with van der Waals surface area (Å²) in [6.45, 7) is 6.33. The summed E-state index contributed by atoms with van der Waals surface area (Å²) in [7, 11) is 0. The Morgan fingerprint density at radius 1 is 1.25 bits per heavy atom. The van der Waals surface area contributed by atoms with E-state index in [0.717, 1.165) is 12.1 Å². The number of aryl methyl sites for hydroxylation is 1. The molecule has 2 atom stereocenters. The molecular weight excluding hydrogens is 251 g/mol. The van der Waals surface area contributed by atoms with E-state index >= 15 is 0 Å². The molecular formula is C17H21FN2. The topological polar surface area (TPSA) is 24.9 Å². The predicted molar refractivity (Wildman–Crippen MR) is 80.0 cm³/mol. The van der Waals surface area contributed by atoms with Gasteiger partial charge >= 0.3 is 0 Å². The van der Waals surface area contributed by atoms with Crippen LogP contribution >= 0.6 is 0 Å². The number of hydrogen-bond acceptors (Lipinski definition) is 2. The van der Waals surface area contributed by atoms with E-state index in [4.69, 9.17) is 0 Å². The Morgan fingerprint density at radius 2 is 2.05 bits per heavy atom. The van der Waals surface area contributed by atoms with Crippen molar-refractivity contribution in [1.82, 2.24) is 10.3 Å². The summed E-state index contributed by atoms with van der Waals surface area (Å²) in [5.74, 6) is -0.296. The Balaban J connectivity index is 2.11. The first-order valence-corrected chi connectivity index (χ1v) is 7.04. The molecule has 2 rings (SSSR count). The van der Waals surface area contributed by atoms with Crippen LogP contribution in [0.5, 0.6) is 0 Å². The van der Waals surface area contributed by atoms with Crippen LogP contribution in [0.4, 0.5) is 4.39 Å². The molecule has 0 aliphatic heterocycles. The third-order valence-corrected chi connectivity index (χ3v) is 3.51. The highest BCUT2D eigenvalue weighted by molar-refractivity contribution is 5.25. The number of pyridine rings is 1. The Hall–Kier alpha value is -1.74. The molecule has 0 radical (unpaired) electrons. The van der Waals surface area contributed by atoms with E-state index in [-0.39, 0.29) is 17.9 Å². The number of aromatic nitrogens is 1. The standard InChI is InChI=1S/C17H21FN2/c1-4-16(17-9-8-15(18)11-19-17)20-13(3)14-7-5-6-12(2)10-14/h5-11,13,16,20H,4H2,1-3H3/t13-,16?/m1/s1. The van der Waals surface area contributed by atoms with E-state index in [1.54, 1.807) is 6.07 Å². The van der Waals surface area contributed by atoms with E-state index < -0.39 is 0 Å². The van der Waals surface area contributed by atoms with Crippen molar-refractivity contribution >= 4 is 0 Å². The molecule has 3 heteroatoms. The Morgan fingerprint density at radius 3 is 2.65 bits per heavy atom. The van der Waals surface area contributed by atoms with Gasteiger partial charge in [0.2, 0.25) is 0 Å². The molecule has 1 aromatic heterocycles. The Labute approximate surface area is 120 Å². The van der Waals surface area contributed by atoms with Gasteiger partial charge in [-0.25, -0.2) is 4.39 Å². The molecule has 0 aliphatic carbocycles. The van der Waals surface area contributed by atoms with E-state index in [9.17, 15) is 4.39 Å². The van der Waals surface area contributed by atoms with Crippen LogP contribution in [0, 0.1) is 12.7 Å². The zero-order chi connectivity index (χ0) is 14.5. The molecule has 2 aromatic rings. The van der Waals surface area contributed by atoms with Crippen molar-refractivity contribution in [2.45, 2.75) is 39.3 Å². The molecule has 0 saturated heterocycles. The number of nitrogens with zero attached hydrogens (tertiary/aromatic N) is 1. The number of hydrogen-bond donors (Lipinski definition) is 1. The molecule has 0 bridgehead atoms. The highest BCUT2D eigenvalue weighted by Crippen LogP contribution is 2.21. The first-order valence-electron chi connectivity index (χ1n) is 7.04. The smallest absolute Gasteiger partial charge is 0.141 e. The monoisotopic (exact) mass is 272 g/mol. The minimum atomic E-state index is -0.296. The maximum absolute atomic E-state index is 12.9. The van der Waals surface area contributed by atoms with Crippen molar-refractivity contribution in [3.63, 3.8) is 0 Å². The van der Waals surface area contributed by atoms with Gasteiger partial charge in [-0.2, -0.15) is 0 Å². The number of benzene rings is 1. The van der Waals surface area contributed by atoms with Crippen LogP contribution in [0.2, 0.25) is 0 Å². The molecule has 0 amide bonds. The summed E-state index contributed by atoms with van der Waals surface area (Å²) in [6.07, 6.45) is 2.19. The van der Waals surface area contributed by atoms with Crippen LogP contribution in [0.15, 0.2) is 42.6 Å². The highest BCUT2D eigenvalue weighted by Gasteiger charge is 2.15. The van der Waals surface area contributed by atoms with E-state index in [0.29, 0.717) is 0 Å². The van der Waals surface area contributed by atoms with Crippen molar-refractivity contribution in [2.75, 3.05) is 0 Å². The van der Waals surface area contributed by atoms with Gasteiger partial charge in [-0.05, 0) is 38.0 Å². The van der Waals surface area contributed by atoms with Crippen LogP contribution in [0.25, 0.3) is 0 Å². The third-order valence-electron chi connectivity index (χ3n) is 3.51. The average Bonchev–Trinajstić information content (AvgIpc) is 2.45. The van der Waals surface area contributed by atoms with Crippen molar-refractivity contribution in [2.24, 2.45) is 0 Å². The van der Waals surface area contributed by atoms with Gasteiger partial charge < -0.3 is 5.32 Å². The van der Waals surface area contributed by atoms with Crippen LogP contribution in [-0.2, 0) is 0 Å². The largest absolute Gasteiger partial charge is 0.302 e. The second-order valence-electron chi connectivity index (χ2n) is 5.16. The quantitative estimate of drug-likeness (QED) is 0.876. The van der Waals surface area contributed by atoms with Crippen molar-refractivity contribution in [3.05, 3.63) is 65.2 Å². The minimum Gasteiger partial charge on any atom is -0.302 e. The van der Waals surface area contributed by atoms with Gasteiger partial charge in [0.15, 0.2) is 0 Å². The number of halogens is 1. The van der Waals surface area contributed by atoms with Gasteiger partial charge in [-0.1, -0.05) is 36.8 Å². The fraction of sp³-hybridized carbons (Fsp3) is 0.353. The summed E-state index contributed by atoms with van der Waals surface area (Å²) in [6, 6.07) is 12.0. The zero-order valence-electron chi connectivity index (χ0n) is 12.2. The van der Waals surface area contributed by atoms with Gasteiger partial charge in [0.05, 0.1) is 11.9 Å². The molecule has 1 unspecified atom stereocenters. The van der Waals surface area contributed by atoms with Gasteiger partial charge in [0, 0.05) is 12.1 Å². The van der Waals surface area contributed by atoms with E-state index in [1.807, 2.05) is 0 Å². The Kier molecular flexibility index (Phi) is 4.85. The molecule has 0 saturated carbocycles. The fourth-order valence-electron chi connectivity index (χ4n) is 2.34. The van der Waals surface area contributed by atoms with Gasteiger partial charge in [0.25, 0.3) is 0 Å². The molecule has 1 N–H and O–H groups in total. The van der Waals surface area contributed by atoms with Gasteiger partial charge in [-0.15, -0.1) is 0 Å². The maximum Gasteiger partial charge on any atom is 0.141 e. The number of rotatable bonds is 5. The second-order valence-corrected chi connectivity index (χ2v) is 5.16. The molecule has 1 aromatic carbocycles. The highest BCUT2D eigenvalue weighted by atomic mass is 19.1. The van der Waals surface area contributed by atoms with Gasteiger partial charge in [-0.3, -0.25) is 4.98 Å². The lowest BCUT2D eigenvalue weighted by molar-refractivity contribution is 0.446. The Bertz CT molecular complexity index is 551. The van der Waals surface area contributed by atoms with Gasteiger partial charge in [0.1, 0.15) is 5.82 Å². The van der Waals surface area contributed by atoms with Crippen LogP contribution < -0.4 is 5.32 Å². The molecule has 2 nitrogen and oxygen atoms in total. The molecule has 0 spiro atoms. The predicted octanol–water partition coefficient (Wildman–Crippen LogP) is 4.33. The summed E-state index contributed by atoms with van der Waals surface area (Å²) in [5, 5.41) is 3.56. The first kappa shape index (κ1) is 14.7. The van der Waals surface area contributed by atoms with Crippen molar-refractivity contribution in [3.8, 4) is 0 Å². The second kappa shape index (κ2) is 6.62. The van der Waals surface area contributed by atoms with E-state index in [2.05, 4.69) is 55.3 Å². The van der Waals surface area contributed by atoms with Crippen LogP contribution in [0.3, 0.4) is 0 Å². The summed E-state index contributed by atoms with van der Waals surface area (Å²) >= 11 is 0. The number of nitrogens with one attached hydrogen (secondary N) is 1. The summed E-state index contributed by atoms with van der Waals surface area (Å²) < 4.78 is 12.9.